The number of piperidine rings is 1. The van der Waals surface area contributed by atoms with E-state index in [1.165, 1.54) is 0 Å². The first kappa shape index (κ1) is 23.0. The molecular formula is C24H28F2N8O2. The van der Waals surface area contributed by atoms with Crippen LogP contribution in [0.2, 0.25) is 0 Å². The maximum atomic E-state index is 15.0. The van der Waals surface area contributed by atoms with Gasteiger partial charge in [-0.25, -0.2) is 18.0 Å². The van der Waals surface area contributed by atoms with E-state index < -0.39 is 18.9 Å². The first-order chi connectivity index (χ1) is 17.6. The molecule has 3 aromatic heterocycles. The summed E-state index contributed by atoms with van der Waals surface area (Å²) in [6.07, 6.45) is 1.43. The third-order valence-electron chi connectivity index (χ3n) is 7.12. The van der Waals surface area contributed by atoms with Gasteiger partial charge in [-0.15, -0.1) is 10.2 Å². The fourth-order valence-electron chi connectivity index (χ4n) is 4.95. The van der Waals surface area contributed by atoms with E-state index in [0.717, 1.165) is 23.2 Å². The lowest BCUT2D eigenvalue weighted by Crippen LogP contribution is -2.57. The molecule has 0 spiro atoms. The van der Waals surface area contributed by atoms with E-state index in [1.807, 2.05) is 30.5 Å². The Hall–Kier alpha value is -3.38. The third-order valence-corrected chi connectivity index (χ3v) is 7.12. The molecule has 2 fully saturated rings. The van der Waals surface area contributed by atoms with Crippen molar-refractivity contribution in [1.29, 1.82) is 0 Å². The molecule has 2 aliphatic rings. The van der Waals surface area contributed by atoms with Gasteiger partial charge in [0, 0.05) is 24.8 Å². The molecule has 0 bridgehead atoms. The topological polar surface area (TPSA) is 94.6 Å². The number of fused-ring (bicyclic) bond motifs is 2. The van der Waals surface area contributed by atoms with Gasteiger partial charge in [0.1, 0.15) is 23.9 Å². The van der Waals surface area contributed by atoms with Crippen molar-refractivity contribution in [1.82, 2.24) is 34.5 Å². The molecule has 0 saturated carbocycles. The molecular weight excluding hydrogens is 470 g/mol. The van der Waals surface area contributed by atoms with Crippen molar-refractivity contribution in [3.8, 4) is 17.0 Å². The lowest BCUT2D eigenvalue weighted by Gasteiger charge is -2.42. The first-order valence-corrected chi connectivity index (χ1v) is 12.1. The third kappa shape index (κ3) is 3.94. The molecule has 6 rings (SSSR count). The zero-order valence-corrected chi connectivity index (χ0v) is 20.1. The number of nitrogens with one attached hydrogen (secondary N) is 1. The summed E-state index contributed by atoms with van der Waals surface area (Å²) in [5.41, 5.74) is 3.83. The van der Waals surface area contributed by atoms with Gasteiger partial charge < -0.3 is 14.8 Å². The van der Waals surface area contributed by atoms with E-state index in [1.54, 1.807) is 23.2 Å². The van der Waals surface area contributed by atoms with Crippen LogP contribution in [0.4, 0.5) is 14.7 Å². The van der Waals surface area contributed by atoms with Crippen LogP contribution >= 0.6 is 0 Å². The Morgan fingerprint density at radius 2 is 2.14 bits per heavy atom. The number of aromatic nitrogens is 6. The quantitative estimate of drug-likeness (QED) is 0.416. The number of alkyl halides is 2. The minimum atomic E-state index is -1.04. The smallest absolute Gasteiger partial charge is 0.244 e. The van der Waals surface area contributed by atoms with Gasteiger partial charge in [-0.2, -0.15) is 4.98 Å². The molecule has 0 radical (unpaired) electrons. The van der Waals surface area contributed by atoms with Crippen LogP contribution in [0.5, 0.6) is 5.88 Å². The van der Waals surface area contributed by atoms with Crippen LogP contribution in [0.25, 0.3) is 27.7 Å². The van der Waals surface area contributed by atoms with E-state index in [-0.39, 0.29) is 6.04 Å². The average molecular weight is 499 g/mol. The molecule has 10 nitrogen and oxygen atoms in total. The van der Waals surface area contributed by atoms with Gasteiger partial charge in [-0.3, -0.25) is 4.90 Å². The monoisotopic (exact) mass is 498 g/mol. The van der Waals surface area contributed by atoms with Crippen molar-refractivity contribution in [2.24, 2.45) is 0 Å². The molecule has 12 heteroatoms. The molecule has 0 aliphatic carbocycles. The van der Waals surface area contributed by atoms with Crippen LogP contribution in [-0.2, 0) is 4.74 Å². The number of halogens is 2. The predicted octanol–water partition coefficient (Wildman–Crippen LogP) is 2.90. The van der Waals surface area contributed by atoms with Crippen molar-refractivity contribution in [2.45, 2.75) is 37.6 Å². The minimum Gasteiger partial charge on any atom is -0.479 e. The number of rotatable bonds is 7. The summed E-state index contributed by atoms with van der Waals surface area (Å²) in [5, 5.41) is 16.0. The van der Waals surface area contributed by atoms with Crippen LogP contribution in [-0.4, -0.2) is 92.8 Å². The summed E-state index contributed by atoms with van der Waals surface area (Å²) in [5.74, 6) is 0.680. The molecule has 0 amide bonds. The highest BCUT2D eigenvalue weighted by Crippen LogP contribution is 2.33. The van der Waals surface area contributed by atoms with Crippen LogP contribution in [0.1, 0.15) is 19.4 Å². The molecule has 36 heavy (non-hydrogen) atoms. The molecule has 3 atom stereocenters. The van der Waals surface area contributed by atoms with Crippen molar-refractivity contribution >= 4 is 22.5 Å². The van der Waals surface area contributed by atoms with Gasteiger partial charge >= 0.3 is 0 Å². The summed E-state index contributed by atoms with van der Waals surface area (Å²) in [7, 11) is 1.55. The zero-order valence-electron chi connectivity index (χ0n) is 20.1. The largest absolute Gasteiger partial charge is 0.479 e. The van der Waals surface area contributed by atoms with Crippen molar-refractivity contribution in [3.05, 3.63) is 30.5 Å². The summed E-state index contributed by atoms with van der Waals surface area (Å²) in [4.78, 5) is 6.71. The number of ether oxygens (including phenoxy) is 2. The minimum absolute atomic E-state index is 0.309. The second-order valence-corrected chi connectivity index (χ2v) is 9.45. The zero-order chi connectivity index (χ0) is 24.8. The molecule has 1 aromatic carbocycles. The van der Waals surface area contributed by atoms with Crippen LogP contribution in [0, 0.1) is 0 Å². The normalized spacial score (nSPS) is 22.1. The second-order valence-electron chi connectivity index (χ2n) is 9.45. The first-order valence-electron chi connectivity index (χ1n) is 12.1. The molecule has 2 aliphatic heterocycles. The number of hydrogen-bond acceptors (Lipinski definition) is 8. The van der Waals surface area contributed by atoms with Gasteiger partial charge in [0.05, 0.1) is 44.0 Å². The van der Waals surface area contributed by atoms with Crippen LogP contribution in [0.15, 0.2) is 30.5 Å². The number of benzene rings is 1. The number of anilines is 1. The fourth-order valence-corrected chi connectivity index (χ4v) is 4.95. The Bertz CT molecular complexity index is 1390. The van der Waals surface area contributed by atoms with Crippen LogP contribution < -0.4 is 10.1 Å². The summed E-state index contributed by atoms with van der Waals surface area (Å²) >= 11 is 0. The van der Waals surface area contributed by atoms with Gasteiger partial charge in [0.2, 0.25) is 11.8 Å². The highest BCUT2D eigenvalue weighted by Gasteiger charge is 2.35. The van der Waals surface area contributed by atoms with Crippen molar-refractivity contribution in [3.63, 3.8) is 0 Å². The van der Waals surface area contributed by atoms with Crippen LogP contribution in [0.3, 0.4) is 0 Å². The van der Waals surface area contributed by atoms with Crippen molar-refractivity contribution < 1.29 is 18.3 Å². The number of likely N-dealkylation sites (tertiary alicyclic amines) is 1. The highest BCUT2D eigenvalue weighted by atomic mass is 19.1. The number of methoxy groups -OCH3 is 1. The Balaban J connectivity index is 1.29. The predicted molar refractivity (Wildman–Crippen MR) is 130 cm³/mol. The Labute approximate surface area is 206 Å². The lowest BCUT2D eigenvalue weighted by atomic mass is 10.0. The van der Waals surface area contributed by atoms with Gasteiger partial charge in [0.15, 0.2) is 0 Å². The molecule has 190 valence electrons. The van der Waals surface area contributed by atoms with E-state index in [4.69, 9.17) is 9.47 Å². The van der Waals surface area contributed by atoms with E-state index in [0.29, 0.717) is 55.1 Å². The Morgan fingerprint density at radius 3 is 2.86 bits per heavy atom. The van der Waals surface area contributed by atoms with E-state index in [9.17, 15) is 8.78 Å². The Morgan fingerprint density at radius 1 is 1.28 bits per heavy atom. The second kappa shape index (κ2) is 9.25. The summed E-state index contributed by atoms with van der Waals surface area (Å²) in [6.45, 7) is 3.75. The summed E-state index contributed by atoms with van der Waals surface area (Å²) in [6, 6.07) is 7.15. The van der Waals surface area contributed by atoms with E-state index >= 15 is 0 Å². The fraction of sp³-hybridized carbons (Fsp3) is 0.500. The average Bonchev–Trinajstić information content (AvgIpc) is 3.47. The highest BCUT2D eigenvalue weighted by molar-refractivity contribution is 5.89. The molecule has 1 N–H and O–H groups in total. The van der Waals surface area contributed by atoms with Crippen molar-refractivity contribution in [2.75, 3.05) is 45.4 Å². The molecule has 5 heterocycles. The lowest BCUT2D eigenvalue weighted by molar-refractivity contribution is -0.0794. The Kier molecular flexibility index (Phi) is 5.92. The standard InChI is InChI=1S/C24H28F2N8O2/c1-14(10-25)34-21-9-15(3-4-20(21)29-31-34)17-5-8-33-22(17)23(35-2)28-24(30-33)27-19-6-7-32(11-18(19)26)16-12-36-13-16/h3-5,8-9,14,16,18-19H,6-7,10-13H2,1-2H3,(H,27,30)/t14-,18-,19-/m0/s1. The maximum Gasteiger partial charge on any atom is 0.244 e. The summed E-state index contributed by atoms with van der Waals surface area (Å²) < 4.78 is 42.4. The maximum absolute atomic E-state index is 15.0. The number of nitrogens with zero attached hydrogens (tertiary/aromatic N) is 7. The van der Waals surface area contributed by atoms with Gasteiger partial charge in [0.25, 0.3) is 0 Å². The molecule has 4 aromatic rings. The molecule has 0 unspecified atom stereocenters. The van der Waals surface area contributed by atoms with Gasteiger partial charge in [-0.1, -0.05) is 11.3 Å². The molecule has 2 saturated heterocycles. The van der Waals surface area contributed by atoms with E-state index in [2.05, 4.69) is 30.6 Å². The number of hydrogen-bond donors (Lipinski definition) is 1. The SMILES string of the molecule is COc1nc(N[C@H]2CCN(C3COC3)C[C@@H]2F)nn2ccc(-c3ccc4nnn([C@@H](C)CF)c4c3)c12. The van der Waals surface area contributed by atoms with Gasteiger partial charge in [-0.05, 0) is 37.1 Å².